The van der Waals surface area contributed by atoms with E-state index >= 15 is 0 Å². The SMILES string of the molecule is COCC(=O)Nc1cc(N2C(=S)N[C@@H](c3ccccn3)[C@H]2c2ccn(C3CCCC3)c2)ccc1OC. The van der Waals surface area contributed by atoms with Gasteiger partial charge in [-0.05, 0) is 67.0 Å². The first-order valence-corrected chi connectivity index (χ1v) is 12.6. The Kier molecular flexibility index (Phi) is 7.20. The second-order valence-corrected chi connectivity index (χ2v) is 9.58. The smallest absolute Gasteiger partial charge is 0.250 e. The van der Waals surface area contributed by atoms with Gasteiger partial charge in [-0.3, -0.25) is 9.78 Å². The zero-order chi connectivity index (χ0) is 25.1. The number of nitrogens with one attached hydrogen (secondary N) is 2. The van der Waals surface area contributed by atoms with Gasteiger partial charge in [0.05, 0.1) is 30.6 Å². The van der Waals surface area contributed by atoms with Crippen molar-refractivity contribution in [1.29, 1.82) is 0 Å². The maximum atomic E-state index is 12.3. The van der Waals surface area contributed by atoms with Crippen molar-refractivity contribution in [2.75, 3.05) is 31.0 Å². The summed E-state index contributed by atoms with van der Waals surface area (Å²) in [6.45, 7) is -0.0455. The second-order valence-electron chi connectivity index (χ2n) is 9.19. The van der Waals surface area contributed by atoms with Crippen LogP contribution in [0.2, 0.25) is 0 Å². The highest BCUT2D eigenvalue weighted by molar-refractivity contribution is 7.80. The number of ether oxygens (including phenoxy) is 2. The minimum Gasteiger partial charge on any atom is -0.495 e. The van der Waals surface area contributed by atoms with Crippen LogP contribution in [0.5, 0.6) is 5.75 Å². The highest BCUT2D eigenvalue weighted by Crippen LogP contribution is 2.44. The van der Waals surface area contributed by atoms with E-state index in [0.29, 0.717) is 22.6 Å². The molecule has 2 N–H and O–H groups in total. The molecule has 0 unspecified atom stereocenters. The predicted octanol–water partition coefficient (Wildman–Crippen LogP) is 4.77. The van der Waals surface area contributed by atoms with Gasteiger partial charge < -0.3 is 29.6 Å². The van der Waals surface area contributed by atoms with E-state index in [1.807, 2.05) is 36.4 Å². The molecule has 1 saturated carbocycles. The molecule has 1 saturated heterocycles. The molecule has 2 fully saturated rings. The summed E-state index contributed by atoms with van der Waals surface area (Å²) < 4.78 is 12.8. The Morgan fingerprint density at radius 3 is 2.75 bits per heavy atom. The summed E-state index contributed by atoms with van der Waals surface area (Å²) >= 11 is 5.87. The van der Waals surface area contributed by atoms with Crippen molar-refractivity contribution in [2.24, 2.45) is 0 Å². The fourth-order valence-corrected chi connectivity index (χ4v) is 5.61. The minimum atomic E-state index is -0.258. The number of pyridine rings is 1. The number of carbonyl (C=O) groups is 1. The van der Waals surface area contributed by atoms with Crippen LogP contribution in [0.4, 0.5) is 11.4 Å². The van der Waals surface area contributed by atoms with E-state index < -0.39 is 0 Å². The quantitative estimate of drug-likeness (QED) is 0.427. The summed E-state index contributed by atoms with van der Waals surface area (Å²) in [6, 6.07) is 14.1. The number of hydrogen-bond acceptors (Lipinski definition) is 5. The summed E-state index contributed by atoms with van der Waals surface area (Å²) in [5.74, 6) is 0.304. The third kappa shape index (κ3) is 4.81. The Bertz CT molecular complexity index is 1230. The van der Waals surface area contributed by atoms with Gasteiger partial charge in [-0.2, -0.15) is 0 Å². The van der Waals surface area contributed by atoms with Gasteiger partial charge in [0.15, 0.2) is 5.11 Å². The van der Waals surface area contributed by atoms with Crippen molar-refractivity contribution in [3.05, 3.63) is 72.3 Å². The first kappa shape index (κ1) is 24.3. The third-order valence-corrected chi connectivity index (χ3v) is 7.25. The third-order valence-electron chi connectivity index (χ3n) is 6.93. The van der Waals surface area contributed by atoms with E-state index in [9.17, 15) is 4.79 Å². The summed E-state index contributed by atoms with van der Waals surface area (Å²) in [5.41, 5.74) is 3.48. The molecule has 2 aliphatic rings. The Hall–Kier alpha value is -3.43. The highest BCUT2D eigenvalue weighted by atomic mass is 32.1. The number of rotatable bonds is 8. The van der Waals surface area contributed by atoms with E-state index in [1.165, 1.54) is 32.8 Å². The second kappa shape index (κ2) is 10.7. The number of anilines is 2. The molecule has 2 aromatic heterocycles. The monoisotopic (exact) mass is 505 g/mol. The van der Waals surface area contributed by atoms with Crippen LogP contribution >= 0.6 is 12.2 Å². The number of hydrogen-bond donors (Lipinski definition) is 2. The van der Waals surface area contributed by atoms with E-state index in [1.54, 1.807) is 13.3 Å². The van der Waals surface area contributed by atoms with Crippen molar-refractivity contribution in [2.45, 2.75) is 43.8 Å². The van der Waals surface area contributed by atoms with E-state index in [-0.39, 0.29) is 24.6 Å². The maximum Gasteiger partial charge on any atom is 0.250 e. The molecule has 2 atom stereocenters. The van der Waals surface area contributed by atoms with Crippen LogP contribution in [0.3, 0.4) is 0 Å². The maximum absolute atomic E-state index is 12.3. The zero-order valence-corrected chi connectivity index (χ0v) is 21.3. The molecule has 0 bridgehead atoms. The van der Waals surface area contributed by atoms with Gasteiger partial charge in [0.25, 0.3) is 0 Å². The summed E-state index contributed by atoms with van der Waals surface area (Å²) in [4.78, 5) is 19.0. The molecular formula is C27H31N5O3S. The fourth-order valence-electron chi connectivity index (χ4n) is 5.27. The number of aromatic nitrogens is 2. The molecule has 3 aromatic rings. The molecular weight excluding hydrogens is 474 g/mol. The highest BCUT2D eigenvalue weighted by Gasteiger charge is 2.41. The minimum absolute atomic E-state index is 0.0455. The number of amides is 1. The van der Waals surface area contributed by atoms with Crippen LogP contribution in [0.15, 0.2) is 61.1 Å². The van der Waals surface area contributed by atoms with E-state index in [0.717, 1.165) is 16.9 Å². The van der Waals surface area contributed by atoms with Crippen LogP contribution in [-0.4, -0.2) is 41.4 Å². The van der Waals surface area contributed by atoms with Gasteiger partial charge >= 0.3 is 0 Å². The number of nitrogens with zero attached hydrogens (tertiary/aromatic N) is 3. The summed E-state index contributed by atoms with van der Waals surface area (Å²) in [7, 11) is 3.07. The molecule has 8 nitrogen and oxygen atoms in total. The first-order valence-electron chi connectivity index (χ1n) is 12.2. The number of carbonyl (C=O) groups excluding carboxylic acids is 1. The molecule has 1 aliphatic heterocycles. The Morgan fingerprint density at radius 2 is 2.03 bits per heavy atom. The van der Waals surface area contributed by atoms with E-state index in [4.69, 9.17) is 21.7 Å². The molecule has 36 heavy (non-hydrogen) atoms. The topological polar surface area (TPSA) is 80.7 Å². The summed E-state index contributed by atoms with van der Waals surface area (Å²) in [5, 5.41) is 6.99. The molecule has 1 aliphatic carbocycles. The van der Waals surface area contributed by atoms with Crippen LogP contribution < -0.4 is 20.3 Å². The average Bonchev–Trinajstić information content (AvgIpc) is 3.64. The largest absolute Gasteiger partial charge is 0.495 e. The number of benzene rings is 1. The van der Waals surface area contributed by atoms with E-state index in [2.05, 4.69) is 43.5 Å². The lowest BCUT2D eigenvalue weighted by Gasteiger charge is -2.28. The normalized spacial score (nSPS) is 19.9. The molecule has 1 amide bonds. The van der Waals surface area contributed by atoms with Gasteiger partial charge in [0, 0.05) is 37.4 Å². The molecule has 188 valence electrons. The lowest BCUT2D eigenvalue weighted by molar-refractivity contribution is -0.119. The lowest BCUT2D eigenvalue weighted by Crippen LogP contribution is -2.29. The standard InChI is InChI=1S/C27H31N5O3S/c1-34-17-24(33)29-22-15-20(10-11-23(22)35-2)32-26(18-12-14-31(16-18)19-7-3-4-8-19)25(30-27(32)36)21-9-5-6-13-28-21/h5-6,9-16,19,25-26H,3-4,7-8,17H2,1-2H3,(H,29,33)(H,30,36)/t25-,26+/m0/s1. The zero-order valence-electron chi connectivity index (χ0n) is 20.5. The van der Waals surface area contributed by atoms with Gasteiger partial charge in [-0.15, -0.1) is 0 Å². The molecule has 5 rings (SSSR count). The van der Waals surface area contributed by atoms with Crippen LogP contribution in [0.1, 0.15) is 55.1 Å². The Morgan fingerprint density at radius 1 is 1.19 bits per heavy atom. The number of thiocarbonyl (C=S) groups is 1. The Balaban J connectivity index is 1.55. The Labute approximate surface area is 216 Å². The lowest BCUT2D eigenvalue weighted by atomic mass is 9.98. The van der Waals surface area contributed by atoms with Crippen molar-refractivity contribution >= 4 is 34.6 Å². The average molecular weight is 506 g/mol. The predicted molar refractivity (Wildman–Crippen MR) is 143 cm³/mol. The van der Waals surface area contributed by atoms with Crippen molar-refractivity contribution in [3.63, 3.8) is 0 Å². The van der Waals surface area contributed by atoms with Crippen molar-refractivity contribution in [3.8, 4) is 5.75 Å². The van der Waals surface area contributed by atoms with Crippen LogP contribution in [0.25, 0.3) is 0 Å². The summed E-state index contributed by atoms with van der Waals surface area (Å²) in [6.07, 6.45) is 11.2. The van der Waals surface area contributed by atoms with Gasteiger partial charge in [0.2, 0.25) is 5.91 Å². The first-order chi connectivity index (χ1) is 17.6. The molecule has 0 radical (unpaired) electrons. The van der Waals surface area contributed by atoms with Gasteiger partial charge in [0.1, 0.15) is 12.4 Å². The van der Waals surface area contributed by atoms with Gasteiger partial charge in [-0.1, -0.05) is 18.9 Å². The van der Waals surface area contributed by atoms with Crippen LogP contribution in [0, 0.1) is 0 Å². The van der Waals surface area contributed by atoms with Crippen molar-refractivity contribution in [1.82, 2.24) is 14.9 Å². The molecule has 3 heterocycles. The molecule has 9 heteroatoms. The van der Waals surface area contributed by atoms with Gasteiger partial charge in [-0.25, -0.2) is 0 Å². The van der Waals surface area contributed by atoms with Crippen molar-refractivity contribution < 1.29 is 14.3 Å². The fraction of sp³-hybridized carbons (Fsp3) is 0.370. The number of methoxy groups -OCH3 is 2. The molecule has 0 spiro atoms. The molecule has 1 aromatic carbocycles. The van der Waals surface area contributed by atoms with Crippen LogP contribution in [-0.2, 0) is 9.53 Å².